The van der Waals surface area contributed by atoms with E-state index in [0.717, 1.165) is 6.07 Å². The second-order valence-corrected chi connectivity index (χ2v) is 8.01. The monoisotopic (exact) mass is 417 g/mol. The van der Waals surface area contributed by atoms with E-state index in [1.807, 2.05) is 18.7 Å². The molecule has 0 saturated carbocycles. The smallest absolute Gasteiger partial charge is 0.394 e. The Balaban J connectivity index is 1.65. The van der Waals surface area contributed by atoms with E-state index < -0.39 is 23.9 Å². The Morgan fingerprint density at radius 3 is 2.45 bits per heavy atom. The molecule has 4 unspecified atom stereocenters. The summed E-state index contributed by atoms with van der Waals surface area (Å²) in [6, 6.07) is 5.38. The van der Waals surface area contributed by atoms with Crippen LogP contribution in [0.3, 0.4) is 0 Å². The van der Waals surface area contributed by atoms with Gasteiger partial charge in [-0.1, -0.05) is 19.9 Å². The molecule has 1 aromatic rings. The highest BCUT2D eigenvalue weighted by Crippen LogP contribution is 2.32. The highest BCUT2D eigenvalue weighted by atomic mass is 19.4. The summed E-state index contributed by atoms with van der Waals surface area (Å²) in [5, 5.41) is 23.5. The van der Waals surface area contributed by atoms with Crippen LogP contribution in [0.1, 0.15) is 19.4 Å². The molecule has 9 heteroatoms. The molecular formula is C20H30F3N3O3. The van der Waals surface area contributed by atoms with Gasteiger partial charge in [0.05, 0.1) is 24.3 Å². The molecule has 1 aromatic carbocycles. The minimum Gasteiger partial charge on any atom is -0.394 e. The first-order valence-corrected chi connectivity index (χ1v) is 10.0. The summed E-state index contributed by atoms with van der Waals surface area (Å²) in [4.78, 5) is 4.05. The lowest BCUT2D eigenvalue weighted by molar-refractivity contribution is -0.137. The fourth-order valence-electron chi connectivity index (χ4n) is 4.11. The molecule has 4 atom stereocenters. The molecule has 2 fully saturated rings. The molecule has 6 nitrogen and oxygen atoms in total. The molecule has 0 amide bonds. The summed E-state index contributed by atoms with van der Waals surface area (Å²) in [5.41, 5.74) is -0.100. The summed E-state index contributed by atoms with van der Waals surface area (Å²) < 4.78 is 44.8. The first kappa shape index (κ1) is 22.3. The molecule has 0 aromatic heterocycles. The predicted octanol–water partition coefficient (Wildman–Crippen LogP) is 1.31. The summed E-state index contributed by atoms with van der Waals surface area (Å²) in [6.45, 7) is 6.66. The van der Waals surface area contributed by atoms with E-state index in [2.05, 4.69) is 10.2 Å². The van der Waals surface area contributed by atoms with Crippen LogP contribution in [0.4, 0.5) is 18.9 Å². The van der Waals surface area contributed by atoms with E-state index in [4.69, 9.17) is 4.74 Å². The fraction of sp³-hybridized carbons (Fsp3) is 0.700. The third kappa shape index (κ3) is 5.21. The molecule has 0 aliphatic carbocycles. The predicted molar refractivity (Wildman–Crippen MR) is 104 cm³/mol. The van der Waals surface area contributed by atoms with Gasteiger partial charge in [0.25, 0.3) is 0 Å². The van der Waals surface area contributed by atoms with Crippen molar-refractivity contribution in [2.24, 2.45) is 0 Å². The number of benzene rings is 1. The number of anilines is 1. The van der Waals surface area contributed by atoms with Gasteiger partial charge in [-0.15, -0.1) is 0 Å². The Morgan fingerprint density at radius 2 is 1.86 bits per heavy atom. The Morgan fingerprint density at radius 1 is 1.17 bits per heavy atom. The number of aliphatic hydroxyl groups is 2. The molecule has 2 aliphatic heterocycles. The van der Waals surface area contributed by atoms with Gasteiger partial charge in [0, 0.05) is 44.5 Å². The van der Waals surface area contributed by atoms with E-state index in [1.165, 1.54) is 12.1 Å². The van der Waals surface area contributed by atoms with Crippen molar-refractivity contribution in [1.82, 2.24) is 10.2 Å². The van der Waals surface area contributed by atoms with Crippen LogP contribution in [0.25, 0.3) is 0 Å². The van der Waals surface area contributed by atoms with Crippen molar-refractivity contribution >= 4 is 5.69 Å². The normalized spacial score (nSPS) is 29.0. The lowest BCUT2D eigenvalue weighted by Gasteiger charge is -2.41. The molecule has 2 saturated heterocycles. The van der Waals surface area contributed by atoms with Crippen LogP contribution in [0.5, 0.6) is 0 Å². The minimum atomic E-state index is -4.36. The van der Waals surface area contributed by atoms with E-state index >= 15 is 0 Å². The Labute approximate surface area is 169 Å². The summed E-state index contributed by atoms with van der Waals surface area (Å²) in [5.74, 6) is 0. The van der Waals surface area contributed by atoms with Crippen LogP contribution < -0.4 is 10.2 Å². The molecule has 2 heterocycles. The standard InChI is InChI=1S/C20H30F3N3O3/c1-13(2)24-11-16-18(19(28)17(12-27)29-16)26-8-6-25(7-9-26)15-5-3-4-14(10-15)20(21,22)23/h3-5,10,13,16-19,24,27-28H,6-9,11-12H2,1-2H3. The summed E-state index contributed by atoms with van der Waals surface area (Å²) in [7, 11) is 0. The van der Waals surface area contributed by atoms with E-state index in [0.29, 0.717) is 38.4 Å². The van der Waals surface area contributed by atoms with Gasteiger partial charge in [-0.2, -0.15) is 13.2 Å². The van der Waals surface area contributed by atoms with E-state index in [9.17, 15) is 23.4 Å². The van der Waals surface area contributed by atoms with Crippen LogP contribution >= 0.6 is 0 Å². The molecule has 0 radical (unpaired) electrons. The highest BCUT2D eigenvalue weighted by Gasteiger charge is 2.46. The Hall–Kier alpha value is -1.39. The number of ether oxygens (including phenoxy) is 1. The second kappa shape index (κ2) is 9.18. The van der Waals surface area contributed by atoms with Gasteiger partial charge < -0.3 is 25.2 Å². The molecule has 3 rings (SSSR count). The number of hydrogen-bond acceptors (Lipinski definition) is 6. The number of aliphatic hydroxyl groups excluding tert-OH is 2. The quantitative estimate of drug-likeness (QED) is 0.649. The van der Waals surface area contributed by atoms with Gasteiger partial charge in [-0.25, -0.2) is 0 Å². The Kier molecular flexibility index (Phi) is 7.06. The molecular weight excluding hydrogens is 387 g/mol. The number of nitrogens with zero attached hydrogens (tertiary/aromatic N) is 2. The van der Waals surface area contributed by atoms with Crippen molar-refractivity contribution < 1.29 is 28.1 Å². The maximum atomic E-state index is 13.0. The average molecular weight is 417 g/mol. The van der Waals surface area contributed by atoms with E-state index in [1.54, 1.807) is 6.07 Å². The number of piperazine rings is 1. The van der Waals surface area contributed by atoms with Crippen LogP contribution in [-0.4, -0.2) is 84.8 Å². The van der Waals surface area contributed by atoms with E-state index in [-0.39, 0.29) is 24.8 Å². The lowest BCUT2D eigenvalue weighted by Crippen LogP contribution is -2.57. The first-order valence-electron chi connectivity index (χ1n) is 10.0. The molecule has 2 aliphatic rings. The summed E-state index contributed by atoms with van der Waals surface area (Å²) in [6.07, 6.45) is -6.05. The van der Waals surface area contributed by atoms with Crippen LogP contribution in [-0.2, 0) is 10.9 Å². The topological polar surface area (TPSA) is 68.2 Å². The van der Waals surface area contributed by atoms with Gasteiger partial charge in [0.2, 0.25) is 0 Å². The van der Waals surface area contributed by atoms with Gasteiger partial charge >= 0.3 is 6.18 Å². The maximum Gasteiger partial charge on any atom is 0.416 e. The third-order valence-corrected chi connectivity index (χ3v) is 5.64. The third-order valence-electron chi connectivity index (χ3n) is 5.64. The highest BCUT2D eigenvalue weighted by molar-refractivity contribution is 5.49. The number of alkyl halides is 3. The zero-order chi connectivity index (χ0) is 21.2. The molecule has 0 bridgehead atoms. The van der Waals surface area contributed by atoms with Crippen molar-refractivity contribution in [2.75, 3.05) is 44.2 Å². The average Bonchev–Trinajstić information content (AvgIpc) is 3.01. The second-order valence-electron chi connectivity index (χ2n) is 8.01. The molecule has 3 N–H and O–H groups in total. The fourth-order valence-corrected chi connectivity index (χ4v) is 4.11. The van der Waals surface area contributed by atoms with Gasteiger partial charge in [-0.05, 0) is 18.2 Å². The summed E-state index contributed by atoms with van der Waals surface area (Å²) >= 11 is 0. The van der Waals surface area contributed by atoms with Crippen molar-refractivity contribution in [2.45, 2.75) is 50.4 Å². The lowest BCUT2D eigenvalue weighted by atomic mass is 10.0. The number of nitrogens with one attached hydrogen (secondary N) is 1. The largest absolute Gasteiger partial charge is 0.416 e. The SMILES string of the molecule is CC(C)NCC1OC(CO)C(O)C1N1CCN(c2cccc(C(F)(F)F)c2)CC1. The van der Waals surface area contributed by atoms with Crippen LogP contribution in [0, 0.1) is 0 Å². The van der Waals surface area contributed by atoms with Crippen molar-refractivity contribution in [3.63, 3.8) is 0 Å². The van der Waals surface area contributed by atoms with Crippen molar-refractivity contribution in [3.8, 4) is 0 Å². The van der Waals surface area contributed by atoms with Crippen LogP contribution in [0.2, 0.25) is 0 Å². The number of halogens is 3. The zero-order valence-electron chi connectivity index (χ0n) is 16.8. The van der Waals surface area contributed by atoms with Crippen LogP contribution in [0.15, 0.2) is 24.3 Å². The van der Waals surface area contributed by atoms with Crippen molar-refractivity contribution in [3.05, 3.63) is 29.8 Å². The molecule has 164 valence electrons. The Bertz CT molecular complexity index is 666. The van der Waals surface area contributed by atoms with Crippen molar-refractivity contribution in [1.29, 1.82) is 0 Å². The van der Waals surface area contributed by atoms with Gasteiger partial charge in [0.15, 0.2) is 0 Å². The van der Waals surface area contributed by atoms with Gasteiger partial charge in [0.1, 0.15) is 12.2 Å². The maximum absolute atomic E-state index is 13.0. The molecule has 0 spiro atoms. The first-order chi connectivity index (χ1) is 13.7. The number of rotatable bonds is 6. The zero-order valence-corrected chi connectivity index (χ0v) is 16.8. The number of hydrogen-bond donors (Lipinski definition) is 3. The minimum absolute atomic E-state index is 0.250. The molecule has 29 heavy (non-hydrogen) atoms. The van der Waals surface area contributed by atoms with Gasteiger partial charge in [-0.3, -0.25) is 4.90 Å².